The molecular weight excluding hydrogens is 244 g/mol. The van der Waals surface area contributed by atoms with Crippen molar-refractivity contribution in [2.45, 2.75) is 78.1 Å². The molecule has 6 atom stereocenters. The van der Waals surface area contributed by atoms with Crippen molar-refractivity contribution >= 4 is 5.78 Å². The van der Waals surface area contributed by atoms with E-state index in [4.69, 9.17) is 0 Å². The molecular formula is C19H30O. The first-order chi connectivity index (χ1) is 9.56. The van der Waals surface area contributed by atoms with Gasteiger partial charge in [-0.25, -0.2) is 0 Å². The third kappa shape index (κ3) is 1.58. The second kappa shape index (κ2) is 4.34. The van der Waals surface area contributed by atoms with E-state index in [2.05, 4.69) is 13.8 Å². The summed E-state index contributed by atoms with van der Waals surface area (Å²) in [6, 6.07) is 0. The van der Waals surface area contributed by atoms with Crippen LogP contribution in [0.25, 0.3) is 0 Å². The van der Waals surface area contributed by atoms with Gasteiger partial charge in [0, 0.05) is 11.8 Å². The molecule has 0 aliphatic heterocycles. The molecule has 1 heteroatoms. The third-order valence-corrected chi connectivity index (χ3v) is 8.29. The molecule has 4 fully saturated rings. The van der Waals surface area contributed by atoms with Crippen LogP contribution < -0.4 is 0 Å². The number of carbonyl (C=O) groups is 1. The quantitative estimate of drug-likeness (QED) is 0.608. The van der Waals surface area contributed by atoms with E-state index in [1.165, 1.54) is 57.8 Å². The van der Waals surface area contributed by atoms with E-state index in [9.17, 15) is 4.79 Å². The summed E-state index contributed by atoms with van der Waals surface area (Å²) in [6.07, 6.45) is 13.4. The van der Waals surface area contributed by atoms with Crippen LogP contribution in [-0.4, -0.2) is 5.78 Å². The van der Waals surface area contributed by atoms with Crippen molar-refractivity contribution in [3.63, 3.8) is 0 Å². The normalized spacial score (nSPS) is 55.0. The Labute approximate surface area is 123 Å². The highest BCUT2D eigenvalue weighted by Crippen LogP contribution is 2.65. The molecule has 0 saturated heterocycles. The zero-order chi connectivity index (χ0) is 14.0. The zero-order valence-corrected chi connectivity index (χ0v) is 13.3. The van der Waals surface area contributed by atoms with Crippen molar-refractivity contribution in [1.82, 2.24) is 0 Å². The summed E-state index contributed by atoms with van der Waals surface area (Å²) >= 11 is 0. The number of rotatable bonds is 0. The van der Waals surface area contributed by atoms with E-state index in [0.29, 0.717) is 11.2 Å². The monoisotopic (exact) mass is 274 g/mol. The molecule has 0 amide bonds. The summed E-state index contributed by atoms with van der Waals surface area (Å²) in [6.45, 7) is 4.92. The summed E-state index contributed by atoms with van der Waals surface area (Å²) in [4.78, 5) is 12.4. The van der Waals surface area contributed by atoms with Crippen LogP contribution in [0.1, 0.15) is 78.1 Å². The van der Waals surface area contributed by atoms with Crippen LogP contribution in [0.5, 0.6) is 0 Å². The number of hydrogen-bond acceptors (Lipinski definition) is 1. The minimum absolute atomic E-state index is 0.0685. The predicted octanol–water partition coefficient (Wildman–Crippen LogP) is 4.99. The maximum absolute atomic E-state index is 12.4. The van der Waals surface area contributed by atoms with Gasteiger partial charge in [-0.15, -0.1) is 0 Å². The van der Waals surface area contributed by atoms with Gasteiger partial charge in [-0.1, -0.05) is 26.7 Å². The lowest BCUT2D eigenvalue weighted by atomic mass is 9.45. The Kier molecular flexibility index (Phi) is 2.89. The summed E-state index contributed by atoms with van der Waals surface area (Å²) in [5.41, 5.74) is 0.688. The molecule has 0 aromatic heterocycles. The van der Waals surface area contributed by atoms with Gasteiger partial charge < -0.3 is 0 Å². The standard InChI is InChI=1S/C19H30O/c1-18-11-4-3-5-13(18)6-7-14-15-8-9-17(20)19(15,2)12-10-16(14)18/h13-16H,3-12H2,1-2H3/t13-,14+,15-,16-,18+,19-/m0/s1. The Hall–Kier alpha value is -0.330. The van der Waals surface area contributed by atoms with Crippen molar-refractivity contribution in [2.24, 2.45) is 34.5 Å². The SMILES string of the molecule is C[C@@]12CCCC[C@H]1CC[C@H]1[C@@H]2CC[C@]2(C)C(=O)CC[C@@H]12. The van der Waals surface area contributed by atoms with Crippen LogP contribution in [0, 0.1) is 34.5 Å². The second-order valence-corrected chi connectivity index (χ2v) is 8.82. The molecule has 112 valence electrons. The zero-order valence-electron chi connectivity index (χ0n) is 13.3. The van der Waals surface area contributed by atoms with Crippen molar-refractivity contribution in [1.29, 1.82) is 0 Å². The fourth-order valence-electron chi connectivity index (χ4n) is 7.07. The van der Waals surface area contributed by atoms with Crippen molar-refractivity contribution < 1.29 is 4.79 Å². The maximum Gasteiger partial charge on any atom is 0.139 e. The van der Waals surface area contributed by atoms with Gasteiger partial charge in [-0.05, 0) is 74.0 Å². The number of hydrogen-bond donors (Lipinski definition) is 0. The molecule has 4 rings (SSSR count). The number of Topliss-reactive ketones (excluding diaryl/α,β-unsaturated/α-hetero) is 1. The van der Waals surface area contributed by atoms with Gasteiger partial charge in [-0.2, -0.15) is 0 Å². The Morgan fingerprint density at radius 1 is 0.900 bits per heavy atom. The average Bonchev–Trinajstić information content (AvgIpc) is 2.74. The summed E-state index contributed by atoms with van der Waals surface area (Å²) in [7, 11) is 0. The summed E-state index contributed by atoms with van der Waals surface area (Å²) < 4.78 is 0. The third-order valence-electron chi connectivity index (χ3n) is 8.29. The van der Waals surface area contributed by atoms with Crippen LogP contribution in [-0.2, 0) is 4.79 Å². The highest BCUT2D eigenvalue weighted by molar-refractivity contribution is 5.87. The molecule has 0 unspecified atom stereocenters. The predicted molar refractivity (Wildman–Crippen MR) is 81.4 cm³/mol. The summed E-state index contributed by atoms with van der Waals surface area (Å²) in [5.74, 6) is 4.13. The van der Waals surface area contributed by atoms with Crippen LogP contribution >= 0.6 is 0 Å². The van der Waals surface area contributed by atoms with Crippen LogP contribution in [0.15, 0.2) is 0 Å². The first-order valence-electron chi connectivity index (χ1n) is 9.09. The van der Waals surface area contributed by atoms with Gasteiger partial charge >= 0.3 is 0 Å². The molecule has 0 aromatic rings. The Balaban J connectivity index is 1.66. The molecule has 0 heterocycles. The lowest BCUT2D eigenvalue weighted by Gasteiger charge is -2.59. The van der Waals surface area contributed by atoms with Gasteiger partial charge in [-0.3, -0.25) is 4.79 Å². The lowest BCUT2D eigenvalue weighted by molar-refractivity contribution is -0.138. The summed E-state index contributed by atoms with van der Waals surface area (Å²) in [5, 5.41) is 0. The largest absolute Gasteiger partial charge is 0.299 e. The molecule has 0 bridgehead atoms. The van der Waals surface area contributed by atoms with Gasteiger partial charge in [0.15, 0.2) is 0 Å². The molecule has 0 spiro atoms. The second-order valence-electron chi connectivity index (χ2n) is 8.82. The van der Waals surface area contributed by atoms with Gasteiger partial charge in [0.1, 0.15) is 5.78 Å². The number of carbonyl (C=O) groups excluding carboxylic acids is 1. The van der Waals surface area contributed by atoms with E-state index in [1.807, 2.05) is 0 Å². The molecule has 1 nitrogen and oxygen atoms in total. The average molecular weight is 274 g/mol. The van der Waals surface area contributed by atoms with Crippen molar-refractivity contribution in [3.05, 3.63) is 0 Å². The van der Waals surface area contributed by atoms with Crippen molar-refractivity contribution in [2.75, 3.05) is 0 Å². The lowest BCUT2D eigenvalue weighted by Crippen LogP contribution is -2.52. The van der Waals surface area contributed by atoms with Crippen LogP contribution in [0.4, 0.5) is 0 Å². The van der Waals surface area contributed by atoms with E-state index < -0.39 is 0 Å². The van der Waals surface area contributed by atoms with Gasteiger partial charge in [0.05, 0.1) is 0 Å². The van der Waals surface area contributed by atoms with E-state index >= 15 is 0 Å². The minimum Gasteiger partial charge on any atom is -0.299 e. The highest BCUT2D eigenvalue weighted by atomic mass is 16.1. The first kappa shape index (κ1) is 13.3. The van der Waals surface area contributed by atoms with Crippen LogP contribution in [0.2, 0.25) is 0 Å². The topological polar surface area (TPSA) is 17.1 Å². The Morgan fingerprint density at radius 3 is 2.60 bits per heavy atom. The molecule has 0 aromatic carbocycles. The molecule has 4 aliphatic rings. The fraction of sp³-hybridized carbons (Fsp3) is 0.947. The maximum atomic E-state index is 12.4. The van der Waals surface area contributed by atoms with Crippen molar-refractivity contribution in [3.8, 4) is 0 Å². The van der Waals surface area contributed by atoms with E-state index in [-0.39, 0.29) is 5.41 Å². The first-order valence-corrected chi connectivity index (χ1v) is 9.09. The smallest absolute Gasteiger partial charge is 0.139 e. The molecule has 4 saturated carbocycles. The minimum atomic E-state index is 0.0685. The highest BCUT2D eigenvalue weighted by Gasteiger charge is 2.59. The van der Waals surface area contributed by atoms with E-state index in [1.54, 1.807) is 0 Å². The number of ketones is 1. The Morgan fingerprint density at radius 2 is 1.75 bits per heavy atom. The van der Waals surface area contributed by atoms with Gasteiger partial charge in [0.2, 0.25) is 0 Å². The molecule has 20 heavy (non-hydrogen) atoms. The van der Waals surface area contributed by atoms with E-state index in [0.717, 1.165) is 30.1 Å². The molecule has 0 N–H and O–H groups in total. The Bertz CT molecular complexity index is 427. The van der Waals surface area contributed by atoms with Gasteiger partial charge in [0.25, 0.3) is 0 Å². The molecule has 0 radical (unpaired) electrons. The fourth-order valence-corrected chi connectivity index (χ4v) is 7.07. The number of fused-ring (bicyclic) bond motifs is 5. The van der Waals surface area contributed by atoms with Crippen LogP contribution in [0.3, 0.4) is 0 Å². The molecule has 4 aliphatic carbocycles.